The molecule has 0 aliphatic heterocycles. The summed E-state index contributed by atoms with van der Waals surface area (Å²) in [4.78, 5) is 12.4. The van der Waals surface area contributed by atoms with Gasteiger partial charge in [-0.15, -0.1) is 0 Å². The van der Waals surface area contributed by atoms with E-state index in [2.05, 4.69) is 5.32 Å². The molecule has 1 unspecified atom stereocenters. The number of halogens is 1. The predicted molar refractivity (Wildman–Crippen MR) is 105 cm³/mol. The van der Waals surface area contributed by atoms with Crippen LogP contribution in [0.2, 0.25) is 5.02 Å². The lowest BCUT2D eigenvalue weighted by Crippen LogP contribution is -2.39. The number of hydrogen-bond acceptors (Lipinski definition) is 3. The fourth-order valence-corrected chi connectivity index (χ4v) is 2.60. The maximum absolute atomic E-state index is 12.4. The van der Waals surface area contributed by atoms with Crippen molar-refractivity contribution < 1.29 is 14.3 Å². The molecule has 0 saturated carbocycles. The van der Waals surface area contributed by atoms with Gasteiger partial charge in [-0.05, 0) is 62.1 Å². The van der Waals surface area contributed by atoms with Crippen LogP contribution < -0.4 is 14.8 Å². The molecule has 0 fully saturated rings. The highest BCUT2D eigenvalue weighted by atomic mass is 35.5. The summed E-state index contributed by atoms with van der Waals surface area (Å²) >= 11 is 6.07. The Morgan fingerprint density at radius 3 is 2.54 bits per heavy atom. The molecular formula is C21H26ClNO3. The zero-order valence-corrected chi connectivity index (χ0v) is 16.5. The largest absolute Gasteiger partial charge is 0.492 e. The minimum atomic E-state index is -0.524. The van der Waals surface area contributed by atoms with Gasteiger partial charge in [0.25, 0.3) is 5.91 Å². The molecule has 26 heavy (non-hydrogen) atoms. The van der Waals surface area contributed by atoms with E-state index in [1.165, 1.54) is 0 Å². The van der Waals surface area contributed by atoms with Gasteiger partial charge in [0.05, 0.1) is 6.54 Å². The summed E-state index contributed by atoms with van der Waals surface area (Å²) in [7, 11) is 0. The molecule has 0 aliphatic rings. The van der Waals surface area contributed by atoms with Crippen molar-refractivity contribution in [3.8, 4) is 11.5 Å². The third-order valence-corrected chi connectivity index (χ3v) is 4.50. The summed E-state index contributed by atoms with van der Waals surface area (Å²) < 4.78 is 11.5. The van der Waals surface area contributed by atoms with Crippen molar-refractivity contribution in [2.24, 2.45) is 0 Å². The molecule has 4 nitrogen and oxygen atoms in total. The Bertz CT molecular complexity index is 761. The fraction of sp³-hybridized carbons (Fsp3) is 0.381. The second-order valence-electron chi connectivity index (χ2n) is 6.33. The van der Waals surface area contributed by atoms with Crippen LogP contribution in [0.15, 0.2) is 36.4 Å². The molecule has 0 bridgehead atoms. The lowest BCUT2D eigenvalue weighted by molar-refractivity contribution is -0.128. The number of amides is 1. The molecule has 0 aliphatic carbocycles. The number of hydrogen-bond donors (Lipinski definition) is 1. The maximum Gasteiger partial charge on any atom is 0.261 e. The van der Waals surface area contributed by atoms with Gasteiger partial charge in [0.1, 0.15) is 18.1 Å². The average Bonchev–Trinajstić information content (AvgIpc) is 2.62. The Morgan fingerprint density at radius 2 is 1.85 bits per heavy atom. The third-order valence-electron chi connectivity index (χ3n) is 4.09. The number of ether oxygens (including phenoxy) is 2. The summed E-state index contributed by atoms with van der Waals surface area (Å²) in [6, 6.07) is 11.5. The van der Waals surface area contributed by atoms with Crippen LogP contribution in [0.4, 0.5) is 0 Å². The van der Waals surface area contributed by atoms with Crippen molar-refractivity contribution >= 4 is 17.5 Å². The Kier molecular flexibility index (Phi) is 7.34. The number of carbonyl (C=O) groups excluding carboxylic acids is 1. The van der Waals surface area contributed by atoms with E-state index in [0.717, 1.165) is 22.4 Å². The van der Waals surface area contributed by atoms with Gasteiger partial charge >= 0.3 is 0 Å². The Hall–Kier alpha value is -2.20. The number of benzene rings is 2. The first kappa shape index (κ1) is 20.1. The molecule has 2 rings (SSSR count). The van der Waals surface area contributed by atoms with E-state index in [4.69, 9.17) is 21.1 Å². The molecule has 2 aromatic rings. The van der Waals surface area contributed by atoms with Gasteiger partial charge in [-0.25, -0.2) is 0 Å². The molecule has 2 aromatic carbocycles. The van der Waals surface area contributed by atoms with Crippen molar-refractivity contribution in [3.05, 3.63) is 58.1 Å². The summed E-state index contributed by atoms with van der Waals surface area (Å²) in [5, 5.41) is 3.53. The highest BCUT2D eigenvalue weighted by molar-refractivity contribution is 6.31. The Morgan fingerprint density at radius 1 is 1.12 bits per heavy atom. The van der Waals surface area contributed by atoms with Gasteiger partial charge in [-0.1, -0.05) is 36.7 Å². The van der Waals surface area contributed by atoms with Gasteiger partial charge in [0, 0.05) is 5.02 Å². The topological polar surface area (TPSA) is 47.6 Å². The van der Waals surface area contributed by atoms with Gasteiger partial charge < -0.3 is 14.8 Å². The van der Waals surface area contributed by atoms with Crippen LogP contribution in [0.1, 0.15) is 30.0 Å². The Labute approximate surface area is 160 Å². The van der Waals surface area contributed by atoms with E-state index in [9.17, 15) is 4.79 Å². The molecule has 5 heteroatoms. The highest BCUT2D eigenvalue weighted by Gasteiger charge is 2.18. The molecule has 140 valence electrons. The standard InChI is InChI=1S/C21H26ClNO3/c1-5-19(26-20-12-14(2)6-7-16(20)4)21(24)23-10-11-25-17-9-8-15(3)18(22)13-17/h6-9,12-13,19H,5,10-11H2,1-4H3,(H,23,24). The molecule has 0 radical (unpaired) electrons. The molecule has 0 heterocycles. The van der Waals surface area contributed by atoms with Crippen molar-refractivity contribution in [3.63, 3.8) is 0 Å². The first-order valence-corrected chi connectivity index (χ1v) is 9.19. The van der Waals surface area contributed by atoms with Crippen LogP contribution in [0.25, 0.3) is 0 Å². The summed E-state index contributed by atoms with van der Waals surface area (Å²) in [5.41, 5.74) is 3.12. The molecule has 0 saturated heterocycles. The van der Waals surface area contributed by atoms with E-state index in [0.29, 0.717) is 30.3 Å². The third kappa shape index (κ3) is 5.67. The summed E-state index contributed by atoms with van der Waals surface area (Å²) in [6.45, 7) is 8.61. The van der Waals surface area contributed by atoms with Crippen LogP contribution in [-0.4, -0.2) is 25.2 Å². The van der Waals surface area contributed by atoms with Crippen molar-refractivity contribution in [1.29, 1.82) is 0 Å². The normalized spacial score (nSPS) is 11.7. The smallest absolute Gasteiger partial charge is 0.261 e. The fourth-order valence-electron chi connectivity index (χ4n) is 2.43. The molecule has 1 amide bonds. The first-order chi connectivity index (χ1) is 12.4. The molecule has 1 N–H and O–H groups in total. The summed E-state index contributed by atoms with van der Waals surface area (Å²) in [5.74, 6) is 1.30. The van der Waals surface area contributed by atoms with Crippen molar-refractivity contribution in [1.82, 2.24) is 5.32 Å². The summed E-state index contributed by atoms with van der Waals surface area (Å²) in [6.07, 6.45) is 0.0671. The lowest BCUT2D eigenvalue weighted by Gasteiger charge is -2.19. The maximum atomic E-state index is 12.4. The van der Waals surface area contributed by atoms with E-state index < -0.39 is 6.10 Å². The van der Waals surface area contributed by atoms with E-state index in [1.807, 2.05) is 58.0 Å². The highest BCUT2D eigenvalue weighted by Crippen LogP contribution is 2.22. The van der Waals surface area contributed by atoms with Gasteiger partial charge in [0.2, 0.25) is 0 Å². The monoisotopic (exact) mass is 375 g/mol. The van der Waals surface area contributed by atoms with Crippen LogP contribution in [0.3, 0.4) is 0 Å². The SMILES string of the molecule is CCC(Oc1cc(C)ccc1C)C(=O)NCCOc1ccc(C)c(Cl)c1. The first-order valence-electron chi connectivity index (χ1n) is 8.81. The van der Waals surface area contributed by atoms with E-state index >= 15 is 0 Å². The molecule has 0 spiro atoms. The minimum Gasteiger partial charge on any atom is -0.492 e. The average molecular weight is 376 g/mol. The second kappa shape index (κ2) is 9.48. The number of aryl methyl sites for hydroxylation is 3. The van der Waals surface area contributed by atoms with E-state index in [-0.39, 0.29) is 5.91 Å². The predicted octanol–water partition coefficient (Wildman–Crippen LogP) is 4.62. The zero-order valence-electron chi connectivity index (χ0n) is 15.8. The minimum absolute atomic E-state index is 0.140. The lowest BCUT2D eigenvalue weighted by atomic mass is 10.1. The number of rotatable bonds is 8. The van der Waals surface area contributed by atoms with Crippen LogP contribution in [0.5, 0.6) is 11.5 Å². The van der Waals surface area contributed by atoms with Crippen LogP contribution in [-0.2, 0) is 4.79 Å². The van der Waals surface area contributed by atoms with Crippen LogP contribution >= 0.6 is 11.6 Å². The quantitative estimate of drug-likeness (QED) is 0.685. The van der Waals surface area contributed by atoms with Gasteiger partial charge in [0.15, 0.2) is 6.10 Å². The van der Waals surface area contributed by atoms with Gasteiger partial charge in [-0.2, -0.15) is 0 Å². The van der Waals surface area contributed by atoms with Gasteiger partial charge in [-0.3, -0.25) is 4.79 Å². The molecular weight excluding hydrogens is 350 g/mol. The molecule has 0 aromatic heterocycles. The Balaban J connectivity index is 1.83. The molecule has 1 atom stereocenters. The number of carbonyl (C=O) groups is 1. The zero-order chi connectivity index (χ0) is 19.1. The van der Waals surface area contributed by atoms with Crippen molar-refractivity contribution in [2.75, 3.05) is 13.2 Å². The number of nitrogens with one attached hydrogen (secondary N) is 1. The second-order valence-corrected chi connectivity index (χ2v) is 6.74. The van der Waals surface area contributed by atoms with Crippen molar-refractivity contribution in [2.45, 2.75) is 40.2 Å². The van der Waals surface area contributed by atoms with Crippen LogP contribution in [0, 0.1) is 20.8 Å². The van der Waals surface area contributed by atoms with E-state index in [1.54, 1.807) is 6.07 Å².